The van der Waals surface area contributed by atoms with Gasteiger partial charge in [-0.15, -0.1) is 0 Å². The first-order valence-electron chi connectivity index (χ1n) is 11.8. The highest BCUT2D eigenvalue weighted by Crippen LogP contribution is 2.28. The van der Waals surface area contributed by atoms with Crippen LogP contribution in [-0.2, 0) is 25.7 Å². The van der Waals surface area contributed by atoms with E-state index in [2.05, 4.69) is 38.1 Å². The van der Waals surface area contributed by atoms with Crippen LogP contribution < -0.4 is 0 Å². The summed E-state index contributed by atoms with van der Waals surface area (Å²) >= 11 is 0. The van der Waals surface area contributed by atoms with Crippen LogP contribution in [0, 0.1) is 11.6 Å². The fourth-order valence-corrected chi connectivity index (χ4v) is 4.05. The van der Waals surface area contributed by atoms with Crippen molar-refractivity contribution in [3.05, 3.63) is 94.6 Å². The van der Waals surface area contributed by atoms with E-state index in [4.69, 9.17) is 0 Å². The van der Waals surface area contributed by atoms with Crippen LogP contribution in [-0.4, -0.2) is 0 Å². The molecule has 3 aromatic carbocycles. The summed E-state index contributed by atoms with van der Waals surface area (Å²) in [6, 6.07) is 20.2. The molecule has 0 nitrogen and oxygen atoms in total. The fourth-order valence-electron chi connectivity index (χ4n) is 4.05. The van der Waals surface area contributed by atoms with Crippen molar-refractivity contribution in [1.82, 2.24) is 0 Å². The van der Waals surface area contributed by atoms with Gasteiger partial charge in [0.1, 0.15) is 0 Å². The third kappa shape index (κ3) is 6.50. The Morgan fingerprint density at radius 2 is 1.10 bits per heavy atom. The van der Waals surface area contributed by atoms with Gasteiger partial charge in [-0.1, -0.05) is 100 Å². The average Bonchev–Trinajstić information content (AvgIpc) is 2.80. The van der Waals surface area contributed by atoms with Gasteiger partial charge in [0.25, 0.3) is 0 Å². The van der Waals surface area contributed by atoms with Gasteiger partial charge in [0, 0.05) is 5.56 Å². The van der Waals surface area contributed by atoms with Crippen molar-refractivity contribution in [1.29, 1.82) is 0 Å². The van der Waals surface area contributed by atoms with E-state index in [1.165, 1.54) is 16.7 Å². The van der Waals surface area contributed by atoms with Crippen molar-refractivity contribution in [3.8, 4) is 11.1 Å². The lowest BCUT2D eigenvalue weighted by Gasteiger charge is -2.10. The number of hydrogen-bond donors (Lipinski definition) is 0. The summed E-state index contributed by atoms with van der Waals surface area (Å²) in [4.78, 5) is 0. The number of unbranched alkanes of at least 4 members (excludes halogenated alkanes) is 3. The highest BCUT2D eigenvalue weighted by molar-refractivity contribution is 5.65. The largest absolute Gasteiger partial charge is 0.203 e. The van der Waals surface area contributed by atoms with E-state index in [0.29, 0.717) is 17.5 Å². The fraction of sp³-hybridized carbons (Fsp3) is 0.379. The number of hydrogen-bond acceptors (Lipinski definition) is 0. The molecule has 0 aliphatic carbocycles. The van der Waals surface area contributed by atoms with Crippen LogP contribution in [0.4, 0.5) is 8.78 Å². The number of rotatable bonds is 11. The Hall–Kier alpha value is -2.48. The highest BCUT2D eigenvalue weighted by atomic mass is 19.2. The summed E-state index contributed by atoms with van der Waals surface area (Å²) in [5.41, 5.74) is 5.46. The van der Waals surface area contributed by atoms with Crippen molar-refractivity contribution in [3.63, 3.8) is 0 Å². The molecule has 3 aromatic rings. The Balaban J connectivity index is 1.62. The Morgan fingerprint density at radius 3 is 1.68 bits per heavy atom. The molecule has 0 unspecified atom stereocenters. The maximum absolute atomic E-state index is 14.7. The molecule has 0 saturated heterocycles. The van der Waals surface area contributed by atoms with Crippen LogP contribution in [0.15, 0.2) is 60.7 Å². The van der Waals surface area contributed by atoms with Gasteiger partial charge >= 0.3 is 0 Å². The van der Waals surface area contributed by atoms with E-state index < -0.39 is 11.6 Å². The van der Waals surface area contributed by atoms with E-state index in [1.807, 2.05) is 24.3 Å². The third-order valence-electron chi connectivity index (χ3n) is 5.99. The zero-order valence-corrected chi connectivity index (χ0v) is 18.9. The van der Waals surface area contributed by atoms with E-state index in [0.717, 1.165) is 56.9 Å². The van der Waals surface area contributed by atoms with Crippen LogP contribution in [0.3, 0.4) is 0 Å². The highest BCUT2D eigenvalue weighted by Gasteiger charge is 2.14. The van der Waals surface area contributed by atoms with E-state index >= 15 is 0 Å². The second-order valence-corrected chi connectivity index (χ2v) is 8.47. The lowest BCUT2D eigenvalue weighted by atomic mass is 9.97. The van der Waals surface area contributed by atoms with Crippen molar-refractivity contribution in [2.24, 2.45) is 0 Å². The van der Waals surface area contributed by atoms with Gasteiger partial charge in [0.05, 0.1) is 0 Å². The Labute approximate surface area is 186 Å². The molecule has 0 fully saturated rings. The number of halogens is 2. The van der Waals surface area contributed by atoms with Crippen LogP contribution in [0.25, 0.3) is 11.1 Å². The molecule has 0 radical (unpaired) electrons. The molecular weight excluding hydrogens is 386 g/mol. The minimum atomic E-state index is -0.729. The van der Waals surface area contributed by atoms with Gasteiger partial charge in [-0.3, -0.25) is 0 Å². The Bertz CT molecular complexity index is 940. The van der Waals surface area contributed by atoms with Crippen LogP contribution in [0.2, 0.25) is 0 Å². The molecule has 0 N–H and O–H groups in total. The quantitative estimate of drug-likeness (QED) is 0.273. The predicted octanol–water partition coefficient (Wildman–Crippen LogP) is 8.49. The SMILES string of the molecule is CCCCCCc1ccc(-c2ccc(CCc3ccc(CCC)cc3)cc2)c(F)c1F. The molecule has 0 aliphatic heterocycles. The molecule has 164 valence electrons. The normalized spacial score (nSPS) is 11.1. The van der Waals surface area contributed by atoms with E-state index in [1.54, 1.807) is 12.1 Å². The molecule has 0 saturated carbocycles. The molecule has 0 heterocycles. The molecule has 0 atom stereocenters. The summed E-state index contributed by atoms with van der Waals surface area (Å²) in [6.07, 6.45) is 9.03. The number of aryl methyl sites for hydroxylation is 4. The lowest BCUT2D eigenvalue weighted by molar-refractivity contribution is 0.498. The van der Waals surface area contributed by atoms with Crippen LogP contribution >= 0.6 is 0 Å². The van der Waals surface area contributed by atoms with Gasteiger partial charge in [0.2, 0.25) is 0 Å². The molecule has 31 heavy (non-hydrogen) atoms. The maximum atomic E-state index is 14.7. The average molecular weight is 421 g/mol. The lowest BCUT2D eigenvalue weighted by Crippen LogP contribution is -1.98. The summed E-state index contributed by atoms with van der Waals surface area (Å²) in [5, 5.41) is 0. The first-order valence-corrected chi connectivity index (χ1v) is 11.8. The minimum absolute atomic E-state index is 0.341. The van der Waals surface area contributed by atoms with Gasteiger partial charge < -0.3 is 0 Å². The second-order valence-electron chi connectivity index (χ2n) is 8.47. The zero-order chi connectivity index (χ0) is 22.1. The van der Waals surface area contributed by atoms with Crippen molar-refractivity contribution in [2.75, 3.05) is 0 Å². The topological polar surface area (TPSA) is 0 Å². The molecular formula is C29H34F2. The van der Waals surface area contributed by atoms with E-state index in [9.17, 15) is 8.78 Å². The second kappa shape index (κ2) is 11.8. The predicted molar refractivity (Wildman–Crippen MR) is 127 cm³/mol. The van der Waals surface area contributed by atoms with Gasteiger partial charge in [-0.05, 0) is 59.9 Å². The molecule has 2 heteroatoms. The molecule has 0 bridgehead atoms. The summed E-state index contributed by atoms with van der Waals surface area (Å²) in [6.45, 7) is 4.34. The van der Waals surface area contributed by atoms with E-state index in [-0.39, 0.29) is 0 Å². The van der Waals surface area contributed by atoms with Crippen molar-refractivity contribution >= 4 is 0 Å². The molecule has 0 spiro atoms. The third-order valence-corrected chi connectivity index (χ3v) is 5.99. The molecule has 0 aromatic heterocycles. The monoisotopic (exact) mass is 420 g/mol. The summed E-state index contributed by atoms with van der Waals surface area (Å²) < 4.78 is 29.3. The van der Waals surface area contributed by atoms with Crippen molar-refractivity contribution in [2.45, 2.75) is 71.6 Å². The maximum Gasteiger partial charge on any atom is 0.166 e. The smallest absolute Gasteiger partial charge is 0.166 e. The first kappa shape index (κ1) is 23.2. The Morgan fingerprint density at radius 1 is 0.516 bits per heavy atom. The molecule has 0 amide bonds. The molecule has 3 rings (SSSR count). The minimum Gasteiger partial charge on any atom is -0.203 e. The molecule has 0 aliphatic rings. The van der Waals surface area contributed by atoms with Gasteiger partial charge in [-0.25, -0.2) is 8.78 Å². The van der Waals surface area contributed by atoms with Gasteiger partial charge in [-0.2, -0.15) is 0 Å². The summed E-state index contributed by atoms with van der Waals surface area (Å²) in [5.74, 6) is -1.42. The first-order chi connectivity index (χ1) is 15.1. The standard InChI is InChI=1S/C29H34F2/c1-3-5-6-7-9-26-20-21-27(29(31)28(26)30)25-18-16-24(17-19-25)15-14-23-12-10-22(8-4-2)11-13-23/h10-13,16-21H,3-9,14-15H2,1-2H3. The van der Waals surface area contributed by atoms with Crippen LogP contribution in [0.1, 0.15) is 68.2 Å². The van der Waals surface area contributed by atoms with Crippen molar-refractivity contribution < 1.29 is 8.78 Å². The van der Waals surface area contributed by atoms with Crippen LogP contribution in [0.5, 0.6) is 0 Å². The zero-order valence-electron chi connectivity index (χ0n) is 18.9. The van der Waals surface area contributed by atoms with Gasteiger partial charge in [0.15, 0.2) is 11.6 Å². The number of benzene rings is 3. The summed E-state index contributed by atoms with van der Waals surface area (Å²) in [7, 11) is 0. The Kier molecular flexibility index (Phi) is 8.82.